The van der Waals surface area contributed by atoms with Crippen LogP contribution in [0.2, 0.25) is 10.6 Å². The maximum Gasteiger partial charge on any atom is 0.460 e. The van der Waals surface area contributed by atoms with Gasteiger partial charge >= 0.3 is 14.5 Å². The predicted octanol–water partition coefficient (Wildman–Crippen LogP) is 6.89. The molecule has 1 aliphatic rings. The highest BCUT2D eigenvalue weighted by Crippen LogP contribution is 2.18. The van der Waals surface area contributed by atoms with Gasteiger partial charge in [0.15, 0.2) is 0 Å². The molecule has 0 N–H and O–H groups in total. The Balaban J connectivity index is 2.11. The molecule has 0 spiro atoms. The Bertz CT molecular complexity index is 238. The molecule has 24 heavy (non-hydrogen) atoms. The van der Waals surface area contributed by atoms with Crippen molar-refractivity contribution in [1.29, 1.82) is 0 Å². The van der Waals surface area contributed by atoms with Crippen LogP contribution < -0.4 is 0 Å². The number of ether oxygens (including phenoxy) is 1. The van der Waals surface area contributed by atoms with Crippen LogP contribution >= 0.6 is 0 Å². The highest BCUT2D eigenvalue weighted by molar-refractivity contribution is 6.51. The van der Waals surface area contributed by atoms with E-state index in [0.29, 0.717) is 6.10 Å². The van der Waals surface area contributed by atoms with Crippen LogP contribution in [0.3, 0.4) is 0 Å². The first-order valence-corrected chi connectivity index (χ1v) is 13.2. The second kappa shape index (κ2) is 16.9. The molecule has 0 aromatic rings. The van der Waals surface area contributed by atoms with Crippen molar-refractivity contribution in [3.05, 3.63) is 0 Å². The Morgan fingerprint density at radius 1 is 0.792 bits per heavy atom. The topological polar surface area (TPSA) is 18.5 Å². The van der Waals surface area contributed by atoms with Gasteiger partial charge < -0.3 is 8.53 Å². The van der Waals surface area contributed by atoms with Gasteiger partial charge in [0.25, 0.3) is 0 Å². The molecule has 0 amide bonds. The number of rotatable bonds is 17. The maximum absolute atomic E-state index is 6.40. The summed E-state index contributed by atoms with van der Waals surface area (Å²) in [6, 6.07) is 0. The van der Waals surface area contributed by atoms with Gasteiger partial charge in [-0.2, -0.15) is 0 Å². The van der Waals surface area contributed by atoms with Gasteiger partial charge in [-0.3, -0.25) is 0 Å². The molecule has 1 heterocycles. The third-order valence-corrected chi connectivity index (χ3v) is 8.07. The van der Waals surface area contributed by atoms with Crippen LogP contribution in [0.5, 0.6) is 0 Å². The molecule has 1 atom stereocenters. The number of hydrogen-bond acceptors (Lipinski definition) is 2. The van der Waals surface area contributed by atoms with Gasteiger partial charge in [-0.05, 0) is 12.8 Å². The molecule has 1 fully saturated rings. The lowest BCUT2D eigenvalue weighted by Gasteiger charge is -2.17. The van der Waals surface area contributed by atoms with E-state index < -0.39 is 14.5 Å². The van der Waals surface area contributed by atoms with E-state index in [1.54, 1.807) is 0 Å². The summed E-state index contributed by atoms with van der Waals surface area (Å²) >= 11 is -0.988. The van der Waals surface area contributed by atoms with Gasteiger partial charge in [-0.1, -0.05) is 101 Å². The third kappa shape index (κ3) is 12.8. The molecule has 1 unspecified atom stereocenters. The van der Waals surface area contributed by atoms with E-state index in [4.69, 9.17) is 8.53 Å². The fraction of sp³-hybridized carbons (Fsp3) is 1.00. The average Bonchev–Trinajstić information content (AvgIpc) is 3.11. The molecule has 3 heteroatoms. The minimum absolute atomic E-state index is 0.411. The summed E-state index contributed by atoms with van der Waals surface area (Å²) < 4.78 is 12.1. The van der Waals surface area contributed by atoms with Crippen LogP contribution in [-0.2, 0) is 8.53 Å². The molecule has 1 rings (SSSR count). The zero-order valence-corrected chi connectivity index (χ0v) is 17.9. The third-order valence-electron chi connectivity index (χ3n) is 5.30. The lowest BCUT2D eigenvalue weighted by atomic mass is 10.1. The second-order valence-electron chi connectivity index (χ2n) is 7.70. The number of hydrogen-bond donors (Lipinski definition) is 0. The van der Waals surface area contributed by atoms with Gasteiger partial charge in [-0.25, -0.2) is 0 Å². The van der Waals surface area contributed by atoms with E-state index in [0.717, 1.165) is 13.2 Å². The second-order valence-corrected chi connectivity index (χ2v) is 10.4. The van der Waals surface area contributed by atoms with E-state index in [2.05, 4.69) is 13.8 Å². The van der Waals surface area contributed by atoms with Crippen molar-refractivity contribution >= 4 is 14.5 Å². The summed E-state index contributed by atoms with van der Waals surface area (Å²) in [5.41, 5.74) is 0. The fourth-order valence-electron chi connectivity index (χ4n) is 3.63. The largest absolute Gasteiger partial charge is 0.499 e. The minimum atomic E-state index is -0.988. The molecular formula is C21H43AlO2. The molecule has 0 aromatic carbocycles. The Morgan fingerprint density at radius 3 is 1.83 bits per heavy atom. The van der Waals surface area contributed by atoms with Crippen LogP contribution in [0.1, 0.15) is 104 Å². The summed E-state index contributed by atoms with van der Waals surface area (Å²) in [7, 11) is 0. The summed E-state index contributed by atoms with van der Waals surface area (Å²) in [6.07, 6.45) is 19.7. The molecule has 1 saturated heterocycles. The quantitative estimate of drug-likeness (QED) is 0.209. The molecule has 0 radical (unpaired) electrons. The van der Waals surface area contributed by atoms with Gasteiger partial charge in [0.05, 0.1) is 6.10 Å². The van der Waals surface area contributed by atoms with Crippen LogP contribution in [0.4, 0.5) is 0 Å². The average molecular weight is 355 g/mol. The monoisotopic (exact) mass is 354 g/mol. The van der Waals surface area contributed by atoms with Crippen molar-refractivity contribution in [3.63, 3.8) is 0 Å². The van der Waals surface area contributed by atoms with Crippen molar-refractivity contribution in [1.82, 2.24) is 0 Å². The van der Waals surface area contributed by atoms with Crippen molar-refractivity contribution in [2.24, 2.45) is 0 Å². The van der Waals surface area contributed by atoms with Gasteiger partial charge in [-0.15, -0.1) is 0 Å². The predicted molar refractivity (Wildman–Crippen MR) is 107 cm³/mol. The van der Waals surface area contributed by atoms with Crippen molar-refractivity contribution in [3.8, 4) is 0 Å². The Kier molecular flexibility index (Phi) is 15.8. The summed E-state index contributed by atoms with van der Waals surface area (Å²) in [6.45, 7) is 6.43. The zero-order chi connectivity index (χ0) is 17.3. The molecule has 0 bridgehead atoms. The SMILES string of the molecule is CCCCCCC[CH2][Al]([CH2]CCCCCCC)[O]CC1CCCO1. The van der Waals surface area contributed by atoms with Crippen molar-refractivity contribution in [2.45, 2.75) is 120 Å². The molecule has 1 aliphatic heterocycles. The fourth-order valence-corrected chi connectivity index (χ4v) is 6.23. The van der Waals surface area contributed by atoms with E-state index in [1.165, 1.54) is 100 Å². The first kappa shape index (κ1) is 22.5. The highest BCUT2D eigenvalue weighted by Gasteiger charge is 2.23. The lowest BCUT2D eigenvalue weighted by molar-refractivity contribution is 0.0666. The smallest absolute Gasteiger partial charge is 0.460 e. The molecule has 0 saturated carbocycles. The normalized spacial score (nSPS) is 17.5. The molecule has 0 aromatic heterocycles. The summed E-state index contributed by atoms with van der Waals surface area (Å²) in [4.78, 5) is 0. The Morgan fingerprint density at radius 2 is 1.33 bits per heavy atom. The number of unbranched alkanes of at least 4 members (excludes halogenated alkanes) is 10. The Hall–Kier alpha value is 0.452. The van der Waals surface area contributed by atoms with Gasteiger partial charge in [0.1, 0.15) is 0 Å². The lowest BCUT2D eigenvalue weighted by Crippen LogP contribution is -2.24. The van der Waals surface area contributed by atoms with Crippen molar-refractivity contribution in [2.75, 3.05) is 13.2 Å². The maximum atomic E-state index is 6.40. The first-order valence-electron chi connectivity index (χ1n) is 11.1. The molecular weight excluding hydrogens is 311 g/mol. The van der Waals surface area contributed by atoms with E-state index in [9.17, 15) is 0 Å². The first-order chi connectivity index (χ1) is 11.9. The summed E-state index contributed by atoms with van der Waals surface area (Å²) in [5, 5.41) is 2.79. The van der Waals surface area contributed by atoms with Crippen LogP contribution in [0.15, 0.2) is 0 Å². The molecule has 0 aliphatic carbocycles. The van der Waals surface area contributed by atoms with Crippen molar-refractivity contribution < 1.29 is 8.53 Å². The Labute approximate surface area is 156 Å². The van der Waals surface area contributed by atoms with E-state index in [1.807, 2.05) is 0 Å². The van der Waals surface area contributed by atoms with Crippen LogP contribution in [0, 0.1) is 0 Å². The summed E-state index contributed by atoms with van der Waals surface area (Å²) in [5.74, 6) is 0. The van der Waals surface area contributed by atoms with Crippen LogP contribution in [-0.4, -0.2) is 33.8 Å². The standard InChI is InChI=1S/2C8H17.C5H9O2.Al/c2*1-3-5-7-8-6-4-2;6-4-5-2-1-3-7-5;/h2*1,3-8H2,2H3;5H,1-4H2;/q;;-1;+1. The minimum Gasteiger partial charge on any atom is -0.499 e. The highest BCUT2D eigenvalue weighted by atomic mass is 27.2. The van der Waals surface area contributed by atoms with E-state index >= 15 is 0 Å². The zero-order valence-electron chi connectivity index (χ0n) is 16.7. The van der Waals surface area contributed by atoms with Crippen LogP contribution in [0.25, 0.3) is 0 Å². The van der Waals surface area contributed by atoms with E-state index in [-0.39, 0.29) is 0 Å². The molecule has 142 valence electrons. The molecule has 2 nitrogen and oxygen atoms in total. The van der Waals surface area contributed by atoms with Gasteiger partial charge in [0, 0.05) is 13.2 Å². The van der Waals surface area contributed by atoms with Gasteiger partial charge in [0.2, 0.25) is 0 Å².